The molecular weight excluding hydrogens is 546 g/mol. The SMILES string of the molecule is CC[C@@H](C(=O)NC(C)(C)C)N(Cc1ccccc1Cl)C(=O)CN(c1ccccc1C)S(=O)(=O)c1ccc(C)cc1. The molecule has 0 bridgehead atoms. The lowest BCUT2D eigenvalue weighted by Gasteiger charge is -2.35. The molecule has 0 saturated carbocycles. The molecule has 3 aromatic carbocycles. The van der Waals surface area contributed by atoms with Crippen molar-refractivity contribution in [1.82, 2.24) is 10.2 Å². The van der Waals surface area contributed by atoms with Gasteiger partial charge in [0.15, 0.2) is 0 Å². The van der Waals surface area contributed by atoms with Crippen molar-refractivity contribution in [2.24, 2.45) is 0 Å². The molecule has 40 heavy (non-hydrogen) atoms. The molecule has 1 atom stereocenters. The Balaban J connectivity index is 2.10. The fourth-order valence-corrected chi connectivity index (χ4v) is 6.05. The first-order valence-corrected chi connectivity index (χ1v) is 15.1. The molecule has 2 amide bonds. The van der Waals surface area contributed by atoms with Crippen LogP contribution < -0.4 is 9.62 Å². The molecule has 0 aromatic heterocycles. The topological polar surface area (TPSA) is 86.8 Å². The van der Waals surface area contributed by atoms with Crippen LogP contribution in [0, 0.1) is 13.8 Å². The third-order valence-electron chi connectivity index (χ3n) is 6.45. The molecule has 1 N–H and O–H groups in total. The van der Waals surface area contributed by atoms with Crippen LogP contribution in [0.5, 0.6) is 0 Å². The Morgan fingerprint density at radius 1 is 0.925 bits per heavy atom. The van der Waals surface area contributed by atoms with E-state index in [4.69, 9.17) is 11.6 Å². The lowest BCUT2D eigenvalue weighted by atomic mass is 10.1. The Hall–Kier alpha value is -3.36. The van der Waals surface area contributed by atoms with Crippen molar-refractivity contribution in [1.29, 1.82) is 0 Å². The van der Waals surface area contributed by atoms with Crippen molar-refractivity contribution in [3.8, 4) is 0 Å². The van der Waals surface area contributed by atoms with Gasteiger partial charge in [0.25, 0.3) is 10.0 Å². The van der Waals surface area contributed by atoms with E-state index in [0.29, 0.717) is 28.3 Å². The molecule has 7 nitrogen and oxygen atoms in total. The summed E-state index contributed by atoms with van der Waals surface area (Å²) in [4.78, 5) is 29.1. The number of hydrogen-bond acceptors (Lipinski definition) is 4. The lowest BCUT2D eigenvalue weighted by molar-refractivity contribution is -0.141. The van der Waals surface area contributed by atoms with Crippen LogP contribution in [0.25, 0.3) is 0 Å². The third kappa shape index (κ3) is 7.64. The maximum Gasteiger partial charge on any atom is 0.264 e. The van der Waals surface area contributed by atoms with E-state index >= 15 is 0 Å². The average molecular weight is 584 g/mol. The molecule has 0 aliphatic heterocycles. The standard InChI is InChI=1S/C31H38ClN3O4S/c1-7-27(30(37)33-31(4,5)6)34(20-24-13-9-10-14-26(24)32)29(36)21-35(28-15-11-8-12-23(28)3)40(38,39)25-18-16-22(2)17-19-25/h8-19,27H,7,20-21H2,1-6H3,(H,33,37)/t27-/m0/s1. The second-order valence-electron chi connectivity index (χ2n) is 10.9. The van der Waals surface area contributed by atoms with E-state index in [1.807, 2.05) is 46.8 Å². The Morgan fingerprint density at radius 2 is 1.52 bits per heavy atom. The number of rotatable bonds is 10. The smallest absolute Gasteiger partial charge is 0.264 e. The number of halogens is 1. The van der Waals surface area contributed by atoms with E-state index in [-0.39, 0.29) is 17.3 Å². The molecule has 3 aromatic rings. The van der Waals surface area contributed by atoms with Gasteiger partial charge in [-0.1, -0.05) is 72.6 Å². The summed E-state index contributed by atoms with van der Waals surface area (Å²) in [6.07, 6.45) is 0.327. The number of aryl methyl sites for hydroxylation is 2. The monoisotopic (exact) mass is 583 g/mol. The molecule has 0 aliphatic rings. The van der Waals surface area contributed by atoms with E-state index in [1.54, 1.807) is 55.5 Å². The van der Waals surface area contributed by atoms with Crippen LogP contribution in [0.1, 0.15) is 50.8 Å². The first-order chi connectivity index (χ1) is 18.7. The van der Waals surface area contributed by atoms with Gasteiger partial charge in [-0.15, -0.1) is 0 Å². The summed E-state index contributed by atoms with van der Waals surface area (Å²) in [5.74, 6) is -0.839. The molecule has 214 valence electrons. The third-order valence-corrected chi connectivity index (χ3v) is 8.60. The number of nitrogens with one attached hydrogen (secondary N) is 1. The maximum atomic E-state index is 14.2. The van der Waals surface area contributed by atoms with Crippen LogP contribution in [0.15, 0.2) is 77.7 Å². The van der Waals surface area contributed by atoms with Crippen molar-refractivity contribution < 1.29 is 18.0 Å². The number of anilines is 1. The minimum absolute atomic E-state index is 0.0424. The molecule has 9 heteroatoms. The van der Waals surface area contributed by atoms with Gasteiger partial charge in [0.2, 0.25) is 11.8 Å². The summed E-state index contributed by atoms with van der Waals surface area (Å²) in [6, 6.07) is 19.8. The molecule has 0 unspecified atom stereocenters. The zero-order valence-electron chi connectivity index (χ0n) is 23.9. The quantitative estimate of drug-likeness (QED) is 0.323. The van der Waals surface area contributed by atoms with Crippen LogP contribution in [0.3, 0.4) is 0 Å². The molecule has 0 spiro atoms. The van der Waals surface area contributed by atoms with Gasteiger partial charge in [-0.25, -0.2) is 8.42 Å². The van der Waals surface area contributed by atoms with Crippen LogP contribution in [-0.4, -0.2) is 43.3 Å². The first kappa shape index (κ1) is 31.2. The average Bonchev–Trinajstić information content (AvgIpc) is 2.88. The summed E-state index contributed by atoms with van der Waals surface area (Å²) in [5, 5.41) is 3.42. The minimum Gasteiger partial charge on any atom is -0.350 e. The predicted molar refractivity (Wildman–Crippen MR) is 161 cm³/mol. The van der Waals surface area contributed by atoms with E-state index in [1.165, 1.54) is 17.0 Å². The van der Waals surface area contributed by atoms with Gasteiger partial charge in [0, 0.05) is 17.1 Å². The van der Waals surface area contributed by atoms with Crippen LogP contribution in [0.4, 0.5) is 5.69 Å². The van der Waals surface area contributed by atoms with Gasteiger partial charge in [0.05, 0.1) is 10.6 Å². The van der Waals surface area contributed by atoms with Crippen LogP contribution in [0.2, 0.25) is 5.02 Å². The van der Waals surface area contributed by atoms with Gasteiger partial charge in [-0.05, 0) is 76.4 Å². The van der Waals surface area contributed by atoms with E-state index in [9.17, 15) is 18.0 Å². The number of carbonyl (C=O) groups is 2. The molecular formula is C31H38ClN3O4S. The Morgan fingerprint density at radius 3 is 2.10 bits per heavy atom. The zero-order chi connectivity index (χ0) is 29.7. The van der Waals surface area contributed by atoms with Gasteiger partial charge in [-0.2, -0.15) is 0 Å². The van der Waals surface area contributed by atoms with Crippen LogP contribution >= 0.6 is 11.6 Å². The normalized spacial score (nSPS) is 12.5. The Labute approximate surface area is 243 Å². The first-order valence-electron chi connectivity index (χ1n) is 13.2. The molecule has 0 heterocycles. The van der Waals surface area contributed by atoms with Gasteiger partial charge in [-0.3, -0.25) is 13.9 Å². The van der Waals surface area contributed by atoms with Crippen molar-refractivity contribution in [3.05, 3.63) is 94.5 Å². The highest BCUT2D eigenvalue weighted by Gasteiger charge is 2.35. The Bertz CT molecular complexity index is 1450. The highest BCUT2D eigenvalue weighted by molar-refractivity contribution is 7.92. The number of sulfonamides is 1. The number of amides is 2. The summed E-state index contributed by atoms with van der Waals surface area (Å²) >= 11 is 6.45. The summed E-state index contributed by atoms with van der Waals surface area (Å²) in [5.41, 5.74) is 2.14. The van der Waals surface area contributed by atoms with Crippen molar-refractivity contribution in [2.45, 2.75) is 71.0 Å². The molecule has 3 rings (SSSR count). The fraction of sp³-hybridized carbons (Fsp3) is 0.355. The Kier molecular flexibility index (Phi) is 10.0. The van der Waals surface area contributed by atoms with Crippen molar-refractivity contribution in [2.75, 3.05) is 10.8 Å². The summed E-state index contributed by atoms with van der Waals surface area (Å²) in [7, 11) is -4.13. The predicted octanol–water partition coefficient (Wildman–Crippen LogP) is 5.87. The van der Waals surface area contributed by atoms with E-state index < -0.39 is 34.1 Å². The van der Waals surface area contributed by atoms with Gasteiger partial charge in [0.1, 0.15) is 12.6 Å². The highest BCUT2D eigenvalue weighted by Crippen LogP contribution is 2.28. The second kappa shape index (κ2) is 12.9. The maximum absolute atomic E-state index is 14.2. The van der Waals surface area contributed by atoms with Crippen molar-refractivity contribution >= 4 is 39.1 Å². The number of hydrogen-bond donors (Lipinski definition) is 1. The van der Waals surface area contributed by atoms with E-state index in [0.717, 1.165) is 9.87 Å². The fourth-order valence-electron chi connectivity index (χ4n) is 4.38. The second-order valence-corrected chi connectivity index (χ2v) is 13.2. The highest BCUT2D eigenvalue weighted by atomic mass is 35.5. The summed E-state index contributed by atoms with van der Waals surface area (Å²) in [6.45, 7) is 10.6. The molecule has 0 radical (unpaired) electrons. The zero-order valence-corrected chi connectivity index (χ0v) is 25.5. The number of nitrogens with zero attached hydrogens (tertiary/aromatic N) is 2. The molecule has 0 aliphatic carbocycles. The van der Waals surface area contributed by atoms with Crippen LogP contribution in [-0.2, 0) is 26.2 Å². The van der Waals surface area contributed by atoms with E-state index in [2.05, 4.69) is 5.32 Å². The lowest BCUT2D eigenvalue weighted by Crippen LogP contribution is -2.55. The van der Waals surface area contributed by atoms with Gasteiger partial charge >= 0.3 is 0 Å². The van der Waals surface area contributed by atoms with Crippen molar-refractivity contribution in [3.63, 3.8) is 0 Å². The largest absolute Gasteiger partial charge is 0.350 e. The van der Waals surface area contributed by atoms with Gasteiger partial charge < -0.3 is 10.2 Å². The molecule has 0 fully saturated rings. The number of para-hydroxylation sites is 1. The number of benzene rings is 3. The number of carbonyl (C=O) groups excluding carboxylic acids is 2. The minimum atomic E-state index is -4.13. The summed E-state index contributed by atoms with van der Waals surface area (Å²) < 4.78 is 29.1. The molecule has 0 saturated heterocycles.